The van der Waals surface area contributed by atoms with Crippen molar-refractivity contribution in [3.63, 3.8) is 0 Å². The number of amides is 1. The number of likely N-dealkylation sites (tertiary alicyclic amines) is 1. The normalized spacial score (nSPS) is 13.8. The lowest BCUT2D eigenvalue weighted by atomic mass is 9.98. The van der Waals surface area contributed by atoms with E-state index in [0.29, 0.717) is 42.5 Å². The molecule has 5 rings (SSSR count). The molecular formula is C30H32N4O2. The third-order valence-corrected chi connectivity index (χ3v) is 6.84. The highest BCUT2D eigenvalue weighted by Crippen LogP contribution is 2.25. The molecule has 0 unspecified atom stereocenters. The van der Waals surface area contributed by atoms with Crippen molar-refractivity contribution in [3.8, 4) is 11.1 Å². The first-order chi connectivity index (χ1) is 17.7. The molecule has 1 saturated heterocycles. The van der Waals surface area contributed by atoms with Crippen molar-refractivity contribution in [3.05, 3.63) is 100 Å². The lowest BCUT2D eigenvalue weighted by Crippen LogP contribution is -2.23. The second kappa shape index (κ2) is 11.3. The van der Waals surface area contributed by atoms with Crippen molar-refractivity contribution in [1.29, 1.82) is 0 Å². The van der Waals surface area contributed by atoms with Gasteiger partial charge in [0.05, 0.1) is 10.9 Å². The van der Waals surface area contributed by atoms with Gasteiger partial charge in [-0.2, -0.15) is 0 Å². The Hall–Kier alpha value is -3.77. The number of hydrogen-bond acceptors (Lipinski definition) is 4. The molecule has 1 fully saturated rings. The van der Waals surface area contributed by atoms with Crippen molar-refractivity contribution < 1.29 is 4.79 Å². The summed E-state index contributed by atoms with van der Waals surface area (Å²) in [6.07, 6.45) is 4.15. The summed E-state index contributed by atoms with van der Waals surface area (Å²) in [5.41, 5.74) is 5.29. The van der Waals surface area contributed by atoms with E-state index in [9.17, 15) is 9.59 Å². The predicted octanol–water partition coefficient (Wildman–Crippen LogP) is 4.83. The fraction of sp³-hybridized carbons (Fsp3) is 0.300. The molecule has 0 spiro atoms. The van der Waals surface area contributed by atoms with Gasteiger partial charge in [-0.05, 0) is 66.7 Å². The van der Waals surface area contributed by atoms with Gasteiger partial charge in [0.1, 0.15) is 5.82 Å². The van der Waals surface area contributed by atoms with Crippen LogP contribution in [0.25, 0.3) is 22.0 Å². The molecular weight excluding hydrogens is 448 g/mol. The number of benzene rings is 3. The number of para-hydroxylation sites is 1. The van der Waals surface area contributed by atoms with Gasteiger partial charge in [-0.25, -0.2) is 4.98 Å². The maximum atomic E-state index is 12.5. The van der Waals surface area contributed by atoms with Crippen molar-refractivity contribution >= 4 is 16.8 Å². The minimum atomic E-state index is -0.138. The Morgan fingerprint density at radius 2 is 1.69 bits per heavy atom. The Balaban J connectivity index is 1.15. The van der Waals surface area contributed by atoms with Gasteiger partial charge in [0.25, 0.3) is 5.56 Å². The van der Waals surface area contributed by atoms with E-state index in [0.717, 1.165) is 23.2 Å². The van der Waals surface area contributed by atoms with E-state index < -0.39 is 0 Å². The molecule has 0 atom stereocenters. The van der Waals surface area contributed by atoms with Crippen molar-refractivity contribution in [2.24, 2.45) is 0 Å². The fourth-order valence-electron chi connectivity index (χ4n) is 4.90. The highest BCUT2D eigenvalue weighted by Gasteiger charge is 2.12. The molecule has 0 aliphatic carbocycles. The van der Waals surface area contributed by atoms with Crippen LogP contribution in [0.1, 0.15) is 42.6 Å². The largest absolute Gasteiger partial charge is 0.352 e. The lowest BCUT2D eigenvalue weighted by Gasteiger charge is -2.15. The second-order valence-corrected chi connectivity index (χ2v) is 9.50. The molecule has 2 heterocycles. The van der Waals surface area contributed by atoms with Gasteiger partial charge >= 0.3 is 0 Å². The first-order valence-corrected chi connectivity index (χ1v) is 12.8. The maximum absolute atomic E-state index is 12.5. The van der Waals surface area contributed by atoms with Crippen LogP contribution in [-0.4, -0.2) is 33.9 Å². The molecule has 0 saturated carbocycles. The predicted molar refractivity (Wildman–Crippen MR) is 144 cm³/mol. The van der Waals surface area contributed by atoms with Gasteiger partial charge in [0.2, 0.25) is 5.91 Å². The Morgan fingerprint density at radius 3 is 2.53 bits per heavy atom. The van der Waals surface area contributed by atoms with E-state index in [1.807, 2.05) is 30.3 Å². The zero-order valence-electron chi connectivity index (χ0n) is 20.5. The van der Waals surface area contributed by atoms with Crippen LogP contribution in [0.3, 0.4) is 0 Å². The highest BCUT2D eigenvalue weighted by atomic mass is 16.1. The van der Waals surface area contributed by atoms with Gasteiger partial charge in [-0.15, -0.1) is 0 Å². The zero-order valence-corrected chi connectivity index (χ0v) is 20.5. The molecule has 1 aliphatic rings. The number of carbonyl (C=O) groups excluding carboxylic acids is 1. The van der Waals surface area contributed by atoms with Crippen molar-refractivity contribution in [2.45, 2.75) is 45.2 Å². The average molecular weight is 481 g/mol. The van der Waals surface area contributed by atoms with Crippen LogP contribution in [0.5, 0.6) is 0 Å². The van der Waals surface area contributed by atoms with Gasteiger partial charge in [0.15, 0.2) is 0 Å². The van der Waals surface area contributed by atoms with E-state index in [2.05, 4.69) is 56.6 Å². The summed E-state index contributed by atoms with van der Waals surface area (Å²) in [6, 6.07) is 24.3. The molecule has 2 N–H and O–H groups in total. The Morgan fingerprint density at radius 1 is 0.944 bits per heavy atom. The minimum absolute atomic E-state index is 0.00565. The lowest BCUT2D eigenvalue weighted by molar-refractivity contribution is -0.121. The summed E-state index contributed by atoms with van der Waals surface area (Å²) in [5.74, 6) is 0.610. The van der Waals surface area contributed by atoms with E-state index in [-0.39, 0.29) is 11.5 Å². The van der Waals surface area contributed by atoms with Crippen LogP contribution in [0.15, 0.2) is 77.6 Å². The average Bonchev–Trinajstić information content (AvgIpc) is 3.41. The molecule has 0 radical (unpaired) electrons. The zero-order chi connectivity index (χ0) is 24.7. The molecule has 0 bridgehead atoms. The summed E-state index contributed by atoms with van der Waals surface area (Å²) in [4.78, 5) is 34.6. The second-order valence-electron chi connectivity index (χ2n) is 9.50. The standard InChI is InChI=1S/C30H32N4O2/c35-29(13-7-12-28-32-27-11-4-3-10-26(27)30(36)33-28)31-20-24-8-1-2-9-25(24)23-16-14-22(15-17-23)21-34-18-5-6-19-34/h1-4,8-11,14-17H,5-7,12-13,18-21H2,(H,31,35)(H,32,33,36). The number of aromatic nitrogens is 2. The number of aromatic amines is 1. The van der Waals surface area contributed by atoms with Crippen LogP contribution in [-0.2, 0) is 24.3 Å². The third kappa shape index (κ3) is 5.89. The Labute approximate surface area is 211 Å². The number of nitrogens with zero attached hydrogens (tertiary/aromatic N) is 2. The molecule has 1 amide bonds. The number of nitrogens with one attached hydrogen (secondary N) is 2. The van der Waals surface area contributed by atoms with Gasteiger partial charge < -0.3 is 10.3 Å². The molecule has 6 nitrogen and oxygen atoms in total. The monoisotopic (exact) mass is 480 g/mol. The van der Waals surface area contributed by atoms with Gasteiger partial charge in [-0.1, -0.05) is 60.7 Å². The van der Waals surface area contributed by atoms with E-state index in [4.69, 9.17) is 0 Å². The minimum Gasteiger partial charge on any atom is -0.352 e. The summed E-state index contributed by atoms with van der Waals surface area (Å²) >= 11 is 0. The number of fused-ring (bicyclic) bond motifs is 1. The first kappa shape index (κ1) is 23.9. The summed E-state index contributed by atoms with van der Waals surface area (Å²) < 4.78 is 0. The van der Waals surface area contributed by atoms with Gasteiger partial charge in [0, 0.05) is 25.9 Å². The molecule has 36 heavy (non-hydrogen) atoms. The Kier molecular flexibility index (Phi) is 7.52. The highest BCUT2D eigenvalue weighted by molar-refractivity contribution is 5.77. The quantitative estimate of drug-likeness (QED) is 0.360. The van der Waals surface area contributed by atoms with Crippen molar-refractivity contribution in [2.75, 3.05) is 13.1 Å². The van der Waals surface area contributed by atoms with Crippen LogP contribution in [0.2, 0.25) is 0 Å². The Bertz CT molecular complexity index is 1390. The molecule has 1 aliphatic heterocycles. The van der Waals surface area contributed by atoms with Crippen molar-refractivity contribution in [1.82, 2.24) is 20.2 Å². The smallest absolute Gasteiger partial charge is 0.258 e. The molecule has 3 aromatic carbocycles. The first-order valence-electron chi connectivity index (χ1n) is 12.8. The van der Waals surface area contributed by atoms with Crippen LogP contribution < -0.4 is 10.9 Å². The van der Waals surface area contributed by atoms with Gasteiger partial charge in [-0.3, -0.25) is 14.5 Å². The number of H-pyrrole nitrogens is 1. The number of rotatable bonds is 9. The molecule has 4 aromatic rings. The number of carbonyl (C=O) groups is 1. The third-order valence-electron chi connectivity index (χ3n) is 6.84. The van der Waals surface area contributed by atoms with E-state index >= 15 is 0 Å². The van der Waals surface area contributed by atoms with Crippen LogP contribution in [0.4, 0.5) is 0 Å². The number of hydrogen-bond donors (Lipinski definition) is 2. The van der Waals surface area contributed by atoms with Crippen LogP contribution >= 0.6 is 0 Å². The summed E-state index contributed by atoms with van der Waals surface area (Å²) in [7, 11) is 0. The topological polar surface area (TPSA) is 78.1 Å². The molecule has 1 aromatic heterocycles. The summed E-state index contributed by atoms with van der Waals surface area (Å²) in [5, 5.41) is 3.64. The number of aryl methyl sites for hydroxylation is 1. The molecule has 6 heteroatoms. The summed E-state index contributed by atoms with van der Waals surface area (Å²) in [6.45, 7) is 3.89. The molecule has 184 valence electrons. The fourth-order valence-corrected chi connectivity index (χ4v) is 4.90. The maximum Gasteiger partial charge on any atom is 0.258 e. The SMILES string of the molecule is O=C(CCCc1nc2ccccc2c(=O)[nH]1)NCc1ccccc1-c1ccc(CN2CCCC2)cc1. The van der Waals surface area contributed by atoms with E-state index in [1.165, 1.54) is 31.5 Å². The van der Waals surface area contributed by atoms with E-state index in [1.54, 1.807) is 6.07 Å². The van der Waals surface area contributed by atoms with Crippen LogP contribution in [0, 0.1) is 0 Å².